The maximum atomic E-state index is 12.2. The van der Waals surface area contributed by atoms with Crippen molar-refractivity contribution >= 4 is 29.1 Å². The molecule has 2 rings (SSSR count). The minimum Gasteiger partial charge on any atom is -0.368 e. The maximum Gasteiger partial charge on any atom is 0.161 e. The van der Waals surface area contributed by atoms with Gasteiger partial charge in [0, 0.05) is 61.6 Å². The number of aliphatic hydroxyl groups excluding tert-OH is 2. The second-order valence-corrected chi connectivity index (χ2v) is 13.9. The molecule has 6 N–H and O–H groups in total. The fourth-order valence-electron chi connectivity index (χ4n) is 6.08. The fraction of sp³-hybridized carbons (Fsp3) is 0.909. The van der Waals surface area contributed by atoms with E-state index < -0.39 is 12.6 Å². The highest BCUT2D eigenvalue weighted by atomic mass is 32.2. The predicted octanol–water partition coefficient (Wildman–Crippen LogP) is 4.50. The molecule has 0 aliphatic carbocycles. The van der Waals surface area contributed by atoms with Gasteiger partial charge >= 0.3 is 0 Å². The van der Waals surface area contributed by atoms with Gasteiger partial charge in [-0.15, -0.1) is 0 Å². The van der Waals surface area contributed by atoms with Crippen LogP contribution >= 0.6 is 11.8 Å². The molecule has 2 aliphatic rings. The summed E-state index contributed by atoms with van der Waals surface area (Å²) >= 11 is 2.02. The van der Waals surface area contributed by atoms with Gasteiger partial charge in [0.15, 0.2) is 12.6 Å². The van der Waals surface area contributed by atoms with Crippen molar-refractivity contribution in [1.82, 2.24) is 16.0 Å². The normalized spacial score (nSPS) is 21.5. The highest BCUT2D eigenvalue weighted by Gasteiger charge is 2.42. The molecule has 43 heavy (non-hydrogen) atoms. The standard InChI is InChI=1S/C33H61N3O6S/c37-26(15-5-1-7-17-27(38)19-9-3-11-22-31(40)41)16-6-2-8-18-28(39)20-10-4-13-23-34-24-14-12-21-30-32-29(25-43-30)35-33(42)36-32/h29-36,40-42H,1-25H2. The van der Waals surface area contributed by atoms with E-state index in [9.17, 15) is 19.5 Å². The number of unbranched alkanes of at least 4 members (excludes halogenated alkanes) is 9. The quantitative estimate of drug-likeness (QED) is 0.0517. The van der Waals surface area contributed by atoms with Gasteiger partial charge in [-0.05, 0) is 83.7 Å². The SMILES string of the molecule is O=C(CCCCCNCCCCC1SCC2NC(O)NC21)CCCCCC(=O)CCCCCC(=O)CCCCCC(O)O. The second-order valence-electron chi connectivity index (χ2n) is 12.6. The van der Waals surface area contributed by atoms with E-state index in [1.165, 1.54) is 19.3 Å². The second kappa shape index (κ2) is 24.4. The van der Waals surface area contributed by atoms with E-state index in [0.717, 1.165) is 95.9 Å². The number of fused-ring (bicyclic) bond motifs is 1. The van der Waals surface area contributed by atoms with Gasteiger partial charge in [-0.2, -0.15) is 11.8 Å². The summed E-state index contributed by atoms with van der Waals surface area (Å²) in [4.78, 5) is 36.1. The van der Waals surface area contributed by atoms with Crippen LogP contribution in [0.25, 0.3) is 0 Å². The topological polar surface area (TPSA) is 148 Å². The molecule has 0 amide bonds. The molecule has 2 fully saturated rings. The first-order valence-electron chi connectivity index (χ1n) is 17.3. The first kappa shape index (κ1) is 38.3. The van der Waals surface area contributed by atoms with E-state index in [2.05, 4.69) is 16.0 Å². The molecule has 0 aromatic rings. The van der Waals surface area contributed by atoms with E-state index in [0.29, 0.717) is 73.8 Å². The van der Waals surface area contributed by atoms with Crippen LogP contribution in [-0.4, -0.2) is 81.5 Å². The van der Waals surface area contributed by atoms with Crippen molar-refractivity contribution in [2.75, 3.05) is 18.8 Å². The van der Waals surface area contributed by atoms with Gasteiger partial charge in [-0.1, -0.05) is 32.1 Å². The first-order chi connectivity index (χ1) is 20.8. The van der Waals surface area contributed by atoms with Gasteiger partial charge in [0.2, 0.25) is 0 Å². The zero-order valence-electron chi connectivity index (χ0n) is 26.5. The summed E-state index contributed by atoms with van der Waals surface area (Å²) in [7, 11) is 0. The van der Waals surface area contributed by atoms with E-state index in [4.69, 9.17) is 10.2 Å². The van der Waals surface area contributed by atoms with Crippen LogP contribution in [-0.2, 0) is 14.4 Å². The van der Waals surface area contributed by atoms with Crippen LogP contribution in [0.5, 0.6) is 0 Å². The van der Waals surface area contributed by atoms with Crippen molar-refractivity contribution in [2.45, 2.75) is 171 Å². The smallest absolute Gasteiger partial charge is 0.161 e. The molecule has 4 atom stereocenters. The van der Waals surface area contributed by atoms with Crippen LogP contribution < -0.4 is 16.0 Å². The number of carbonyl (C=O) groups is 3. The van der Waals surface area contributed by atoms with Crippen molar-refractivity contribution in [3.05, 3.63) is 0 Å². The molecule has 0 aromatic heterocycles. The lowest BCUT2D eigenvalue weighted by Crippen LogP contribution is -2.38. The van der Waals surface area contributed by atoms with Crippen LogP contribution in [0, 0.1) is 0 Å². The van der Waals surface area contributed by atoms with Crippen molar-refractivity contribution in [1.29, 1.82) is 0 Å². The largest absolute Gasteiger partial charge is 0.368 e. The molecule has 0 aromatic carbocycles. The van der Waals surface area contributed by atoms with Crippen LogP contribution in [0.1, 0.15) is 141 Å². The average Bonchev–Trinajstić information content (AvgIpc) is 3.52. The molecular weight excluding hydrogens is 566 g/mol. The third-order valence-electron chi connectivity index (χ3n) is 8.69. The minimum atomic E-state index is -1.25. The molecule has 0 saturated carbocycles. The zero-order valence-corrected chi connectivity index (χ0v) is 27.4. The fourth-order valence-corrected chi connectivity index (χ4v) is 7.64. The Morgan fingerprint density at radius 2 is 1.12 bits per heavy atom. The molecule has 2 saturated heterocycles. The van der Waals surface area contributed by atoms with Crippen LogP contribution in [0.2, 0.25) is 0 Å². The molecule has 4 unspecified atom stereocenters. The minimum absolute atomic E-state index is 0.263. The van der Waals surface area contributed by atoms with E-state index >= 15 is 0 Å². The Labute approximate surface area is 264 Å². The summed E-state index contributed by atoms with van der Waals surface area (Å²) in [6.07, 6.45) is 16.6. The van der Waals surface area contributed by atoms with Gasteiger partial charge in [-0.3, -0.25) is 25.0 Å². The summed E-state index contributed by atoms with van der Waals surface area (Å²) in [5, 5.41) is 37.9. The molecule has 0 bridgehead atoms. The number of aliphatic hydroxyl groups is 3. The summed E-state index contributed by atoms with van der Waals surface area (Å²) in [5.41, 5.74) is 0. The number of hydrogen-bond donors (Lipinski definition) is 6. The predicted molar refractivity (Wildman–Crippen MR) is 174 cm³/mol. The molecule has 0 spiro atoms. The summed E-state index contributed by atoms with van der Waals surface area (Å²) < 4.78 is 0. The lowest BCUT2D eigenvalue weighted by atomic mass is 10.0. The van der Waals surface area contributed by atoms with Crippen molar-refractivity contribution in [3.8, 4) is 0 Å². The van der Waals surface area contributed by atoms with Crippen molar-refractivity contribution in [2.24, 2.45) is 0 Å². The van der Waals surface area contributed by atoms with E-state index in [1.54, 1.807) is 0 Å². The highest BCUT2D eigenvalue weighted by molar-refractivity contribution is 8.00. The van der Waals surface area contributed by atoms with Gasteiger partial charge in [0.05, 0.1) is 0 Å². The van der Waals surface area contributed by atoms with E-state index in [1.807, 2.05) is 11.8 Å². The Bertz CT molecular complexity index is 771. The van der Waals surface area contributed by atoms with Crippen LogP contribution in [0.15, 0.2) is 0 Å². The summed E-state index contributed by atoms with van der Waals surface area (Å²) in [6.45, 7) is 2.06. The number of hydrogen-bond acceptors (Lipinski definition) is 10. The summed E-state index contributed by atoms with van der Waals surface area (Å²) in [5.74, 6) is 1.99. The molecule has 2 heterocycles. The van der Waals surface area contributed by atoms with Gasteiger partial charge in [0.1, 0.15) is 17.3 Å². The lowest BCUT2D eigenvalue weighted by Gasteiger charge is -2.17. The Morgan fingerprint density at radius 3 is 1.63 bits per heavy atom. The molecule has 0 radical (unpaired) electrons. The molecule has 10 heteroatoms. The lowest BCUT2D eigenvalue weighted by molar-refractivity contribution is -0.120. The van der Waals surface area contributed by atoms with Crippen molar-refractivity contribution < 1.29 is 29.7 Å². The number of thioether (sulfide) groups is 1. The molecule has 2 aliphatic heterocycles. The zero-order chi connectivity index (χ0) is 31.1. The number of rotatable bonds is 29. The Balaban J connectivity index is 1.27. The number of nitrogens with one attached hydrogen (secondary N) is 3. The highest BCUT2D eigenvalue weighted by Crippen LogP contribution is 2.33. The van der Waals surface area contributed by atoms with Gasteiger partial charge in [0.25, 0.3) is 0 Å². The number of Topliss-reactive ketones (excluding diaryl/α,β-unsaturated/α-hetero) is 3. The monoisotopic (exact) mass is 627 g/mol. The summed E-state index contributed by atoms with van der Waals surface area (Å²) in [6, 6.07) is 0.813. The first-order valence-corrected chi connectivity index (χ1v) is 18.3. The Kier molecular flexibility index (Phi) is 21.7. The van der Waals surface area contributed by atoms with Crippen LogP contribution in [0.3, 0.4) is 0 Å². The maximum absolute atomic E-state index is 12.2. The Morgan fingerprint density at radius 1 is 0.651 bits per heavy atom. The third kappa shape index (κ3) is 19.3. The number of ketones is 3. The third-order valence-corrected chi connectivity index (χ3v) is 10.2. The molecular formula is C33H61N3O6S. The average molecular weight is 628 g/mol. The number of carbonyl (C=O) groups excluding carboxylic acids is 3. The van der Waals surface area contributed by atoms with Gasteiger partial charge in [-0.25, -0.2) is 0 Å². The molecule has 250 valence electrons. The Hall–Kier alpha value is -0.880. The molecule has 9 nitrogen and oxygen atoms in total. The van der Waals surface area contributed by atoms with Gasteiger partial charge < -0.3 is 20.6 Å². The van der Waals surface area contributed by atoms with Crippen molar-refractivity contribution in [3.63, 3.8) is 0 Å². The van der Waals surface area contributed by atoms with Crippen LogP contribution in [0.4, 0.5) is 0 Å². The van der Waals surface area contributed by atoms with E-state index in [-0.39, 0.29) is 5.78 Å².